The van der Waals surface area contributed by atoms with E-state index in [-0.39, 0.29) is 0 Å². The van der Waals surface area contributed by atoms with Crippen LogP contribution in [0.25, 0.3) is 0 Å². The third-order valence-corrected chi connectivity index (χ3v) is 5.24. The number of anilines is 1. The van der Waals surface area contributed by atoms with Gasteiger partial charge < -0.3 is 15.5 Å². The van der Waals surface area contributed by atoms with Gasteiger partial charge in [-0.2, -0.15) is 0 Å². The maximum absolute atomic E-state index is 4.65. The zero-order chi connectivity index (χ0) is 19.9. The van der Waals surface area contributed by atoms with Gasteiger partial charge >= 0.3 is 0 Å². The van der Waals surface area contributed by atoms with Crippen molar-refractivity contribution in [1.82, 2.24) is 15.6 Å². The molecule has 0 amide bonds. The van der Waals surface area contributed by atoms with E-state index in [1.807, 2.05) is 20.0 Å². The zero-order valence-electron chi connectivity index (χ0n) is 17.6. The molecule has 0 radical (unpaired) electrons. The Morgan fingerprint density at radius 3 is 2.46 bits per heavy atom. The minimum Gasteiger partial charge on any atom is -0.356 e. The SMILES string of the molecule is CN=C(NCCc1cc(C)cc(C)c1)NC1CCN(c2cccc(C)n2)CC1. The van der Waals surface area contributed by atoms with Crippen molar-refractivity contribution in [1.29, 1.82) is 0 Å². The predicted octanol–water partition coefficient (Wildman–Crippen LogP) is 3.38. The molecule has 0 atom stereocenters. The molecule has 0 saturated carbocycles. The summed E-state index contributed by atoms with van der Waals surface area (Å²) in [5, 5.41) is 7.06. The zero-order valence-corrected chi connectivity index (χ0v) is 17.6. The smallest absolute Gasteiger partial charge is 0.191 e. The largest absolute Gasteiger partial charge is 0.356 e. The van der Waals surface area contributed by atoms with E-state index >= 15 is 0 Å². The molecule has 1 saturated heterocycles. The minimum atomic E-state index is 0.452. The second kappa shape index (κ2) is 9.58. The lowest BCUT2D eigenvalue weighted by Gasteiger charge is -2.34. The standard InChI is InChI=1S/C23H33N5/c1-17-14-18(2)16-20(15-17)8-11-25-23(24-4)27-21-9-12-28(13-10-21)22-7-5-6-19(3)26-22/h5-7,14-16,21H,8-13H2,1-4H3,(H2,24,25,27). The highest BCUT2D eigenvalue weighted by atomic mass is 15.2. The second-order valence-electron chi connectivity index (χ2n) is 7.79. The number of hydrogen-bond donors (Lipinski definition) is 2. The first-order valence-corrected chi connectivity index (χ1v) is 10.3. The van der Waals surface area contributed by atoms with Crippen LogP contribution in [0.4, 0.5) is 5.82 Å². The normalized spacial score (nSPS) is 15.6. The predicted molar refractivity (Wildman–Crippen MR) is 118 cm³/mol. The third-order valence-electron chi connectivity index (χ3n) is 5.24. The number of rotatable bonds is 5. The van der Waals surface area contributed by atoms with Crippen LogP contribution in [-0.4, -0.2) is 43.7 Å². The number of guanidine groups is 1. The molecule has 1 aliphatic rings. The molecule has 3 rings (SSSR count). The Balaban J connectivity index is 1.44. The lowest BCUT2D eigenvalue weighted by Crippen LogP contribution is -2.49. The van der Waals surface area contributed by atoms with Crippen LogP contribution in [0.3, 0.4) is 0 Å². The molecule has 28 heavy (non-hydrogen) atoms. The highest BCUT2D eigenvalue weighted by Gasteiger charge is 2.20. The Bertz CT molecular complexity index is 786. The highest BCUT2D eigenvalue weighted by molar-refractivity contribution is 5.80. The quantitative estimate of drug-likeness (QED) is 0.618. The summed E-state index contributed by atoms with van der Waals surface area (Å²) in [4.78, 5) is 11.4. The van der Waals surface area contributed by atoms with Gasteiger partial charge in [-0.15, -0.1) is 0 Å². The van der Waals surface area contributed by atoms with E-state index in [0.717, 1.165) is 56.4 Å². The first kappa shape index (κ1) is 20.2. The van der Waals surface area contributed by atoms with Gasteiger partial charge in [-0.05, 0) is 57.7 Å². The topological polar surface area (TPSA) is 52.6 Å². The van der Waals surface area contributed by atoms with Crippen LogP contribution >= 0.6 is 0 Å². The Labute approximate surface area is 169 Å². The number of pyridine rings is 1. The third kappa shape index (κ3) is 5.72. The number of nitrogens with one attached hydrogen (secondary N) is 2. The van der Waals surface area contributed by atoms with Gasteiger partial charge in [0.2, 0.25) is 0 Å². The van der Waals surface area contributed by atoms with E-state index in [1.165, 1.54) is 16.7 Å². The summed E-state index contributed by atoms with van der Waals surface area (Å²) >= 11 is 0. The molecule has 0 spiro atoms. The van der Waals surface area contributed by atoms with Crippen molar-refractivity contribution in [3.05, 3.63) is 58.8 Å². The van der Waals surface area contributed by atoms with Gasteiger partial charge in [0.25, 0.3) is 0 Å². The molecule has 2 N–H and O–H groups in total. The Hall–Kier alpha value is -2.56. The summed E-state index contributed by atoms with van der Waals surface area (Å²) in [6.07, 6.45) is 3.18. The van der Waals surface area contributed by atoms with Gasteiger partial charge in [0, 0.05) is 38.4 Å². The van der Waals surface area contributed by atoms with Gasteiger partial charge in [-0.1, -0.05) is 35.4 Å². The van der Waals surface area contributed by atoms with Crippen LogP contribution in [-0.2, 0) is 6.42 Å². The van der Waals surface area contributed by atoms with Gasteiger partial charge in [-0.25, -0.2) is 4.98 Å². The molecular formula is C23H33N5. The first-order chi connectivity index (χ1) is 13.5. The van der Waals surface area contributed by atoms with Gasteiger partial charge in [0.15, 0.2) is 5.96 Å². The average Bonchev–Trinajstić information content (AvgIpc) is 2.67. The number of nitrogens with zero attached hydrogens (tertiary/aromatic N) is 3. The molecule has 2 heterocycles. The fourth-order valence-electron chi connectivity index (χ4n) is 3.88. The molecule has 5 heteroatoms. The molecular weight excluding hydrogens is 346 g/mol. The van der Waals surface area contributed by atoms with Crippen molar-refractivity contribution in [3.63, 3.8) is 0 Å². The van der Waals surface area contributed by atoms with E-state index in [2.05, 4.69) is 69.7 Å². The van der Waals surface area contributed by atoms with Crippen molar-refractivity contribution in [2.45, 2.75) is 46.1 Å². The summed E-state index contributed by atoms with van der Waals surface area (Å²) in [5.74, 6) is 1.99. The minimum absolute atomic E-state index is 0.452. The van der Waals surface area contributed by atoms with E-state index in [4.69, 9.17) is 0 Å². The van der Waals surface area contributed by atoms with Gasteiger partial charge in [0.05, 0.1) is 0 Å². The van der Waals surface area contributed by atoms with Crippen molar-refractivity contribution < 1.29 is 0 Å². The summed E-state index contributed by atoms with van der Waals surface area (Å²) < 4.78 is 0. The van der Waals surface area contributed by atoms with E-state index in [0.29, 0.717) is 6.04 Å². The van der Waals surface area contributed by atoms with Crippen molar-refractivity contribution in [2.75, 3.05) is 31.6 Å². The van der Waals surface area contributed by atoms with Gasteiger partial charge in [-0.3, -0.25) is 4.99 Å². The maximum Gasteiger partial charge on any atom is 0.191 e. The molecule has 2 aromatic rings. The first-order valence-electron chi connectivity index (χ1n) is 10.3. The van der Waals surface area contributed by atoms with E-state index in [9.17, 15) is 0 Å². The summed E-state index contributed by atoms with van der Waals surface area (Å²) in [5.41, 5.74) is 5.10. The van der Waals surface area contributed by atoms with Crippen molar-refractivity contribution in [2.24, 2.45) is 4.99 Å². The number of aliphatic imine (C=N–C) groups is 1. The Morgan fingerprint density at radius 1 is 1.11 bits per heavy atom. The van der Waals surface area contributed by atoms with Crippen LogP contribution < -0.4 is 15.5 Å². The van der Waals surface area contributed by atoms with E-state index in [1.54, 1.807) is 0 Å². The average molecular weight is 380 g/mol. The van der Waals surface area contributed by atoms with Crippen molar-refractivity contribution >= 4 is 11.8 Å². The number of aromatic nitrogens is 1. The van der Waals surface area contributed by atoms with Crippen LogP contribution in [0.15, 0.2) is 41.4 Å². The molecule has 5 nitrogen and oxygen atoms in total. The summed E-state index contributed by atoms with van der Waals surface area (Å²) in [6, 6.07) is 13.4. The molecule has 1 aromatic carbocycles. The summed E-state index contributed by atoms with van der Waals surface area (Å²) in [6.45, 7) is 9.29. The monoisotopic (exact) mass is 379 g/mol. The number of benzene rings is 1. The Morgan fingerprint density at radius 2 is 1.82 bits per heavy atom. The molecule has 150 valence electrons. The fourth-order valence-corrected chi connectivity index (χ4v) is 3.88. The highest BCUT2D eigenvalue weighted by Crippen LogP contribution is 2.18. The molecule has 1 aliphatic heterocycles. The molecule has 0 bridgehead atoms. The van der Waals surface area contributed by atoms with Crippen LogP contribution in [0.1, 0.15) is 35.2 Å². The molecule has 0 unspecified atom stereocenters. The van der Waals surface area contributed by atoms with Crippen LogP contribution in [0, 0.1) is 20.8 Å². The van der Waals surface area contributed by atoms with Crippen LogP contribution in [0.2, 0.25) is 0 Å². The number of piperidine rings is 1. The maximum atomic E-state index is 4.65. The lowest BCUT2D eigenvalue weighted by atomic mass is 10.0. The van der Waals surface area contributed by atoms with E-state index < -0.39 is 0 Å². The molecule has 0 aliphatic carbocycles. The fraction of sp³-hybridized carbons (Fsp3) is 0.478. The molecule has 1 fully saturated rings. The van der Waals surface area contributed by atoms with Gasteiger partial charge in [0.1, 0.15) is 5.82 Å². The molecule has 1 aromatic heterocycles. The van der Waals surface area contributed by atoms with Crippen molar-refractivity contribution in [3.8, 4) is 0 Å². The summed E-state index contributed by atoms with van der Waals surface area (Å²) in [7, 11) is 1.85. The second-order valence-corrected chi connectivity index (χ2v) is 7.79. The van der Waals surface area contributed by atoms with Crippen LogP contribution in [0.5, 0.6) is 0 Å². The number of hydrogen-bond acceptors (Lipinski definition) is 3. The number of aryl methyl sites for hydroxylation is 3. The Kier molecular flexibility index (Phi) is 6.90. The lowest BCUT2D eigenvalue weighted by molar-refractivity contribution is 0.459.